The van der Waals surface area contributed by atoms with Crippen molar-refractivity contribution in [1.29, 1.82) is 0 Å². The molecule has 0 bridgehead atoms. The molecule has 0 nitrogen and oxygen atoms in total. The van der Waals surface area contributed by atoms with Gasteiger partial charge in [0.15, 0.2) is 0 Å². The van der Waals surface area contributed by atoms with Gasteiger partial charge in [0, 0.05) is 0 Å². The van der Waals surface area contributed by atoms with Gasteiger partial charge in [0.1, 0.15) is 0 Å². The first kappa shape index (κ1) is 29.7. The first-order chi connectivity index (χ1) is 14.8. The molecular formula is C30H60. The lowest BCUT2D eigenvalue weighted by Gasteiger charge is -2.10. The standard InChI is InChI=1S/C30H60/c1-4-6-8-9-10-11-12-13-14-15-16-17-18-19-20-21-22-23-24-25-27-29-30(3)28-26-7-5-2/h13-14,30H,4-12,15-29H2,1-3H3. The average Bonchev–Trinajstić information content (AvgIpc) is 2.75. The van der Waals surface area contributed by atoms with Gasteiger partial charge in [-0.2, -0.15) is 0 Å². The molecule has 0 radical (unpaired) electrons. The third kappa shape index (κ3) is 25.8. The van der Waals surface area contributed by atoms with E-state index in [9.17, 15) is 0 Å². The first-order valence-corrected chi connectivity index (χ1v) is 14.5. The van der Waals surface area contributed by atoms with Gasteiger partial charge in [-0.1, -0.05) is 161 Å². The maximum atomic E-state index is 2.46. The van der Waals surface area contributed by atoms with E-state index in [2.05, 4.69) is 32.9 Å². The summed E-state index contributed by atoms with van der Waals surface area (Å²) in [5, 5.41) is 0. The van der Waals surface area contributed by atoms with Gasteiger partial charge in [0.2, 0.25) is 0 Å². The second-order valence-corrected chi connectivity index (χ2v) is 10.1. The van der Waals surface area contributed by atoms with E-state index in [1.807, 2.05) is 0 Å². The van der Waals surface area contributed by atoms with E-state index in [1.165, 1.54) is 154 Å². The van der Waals surface area contributed by atoms with Gasteiger partial charge in [-0.15, -0.1) is 0 Å². The van der Waals surface area contributed by atoms with Crippen molar-refractivity contribution in [3.8, 4) is 0 Å². The highest BCUT2D eigenvalue weighted by molar-refractivity contribution is 4.81. The van der Waals surface area contributed by atoms with Crippen LogP contribution in [-0.2, 0) is 0 Å². The fourth-order valence-electron chi connectivity index (χ4n) is 4.51. The number of unbranched alkanes of at least 4 members (excludes halogenated alkanes) is 19. The van der Waals surface area contributed by atoms with Crippen molar-refractivity contribution in [2.75, 3.05) is 0 Å². The third-order valence-corrected chi connectivity index (χ3v) is 6.76. The summed E-state index contributed by atoms with van der Waals surface area (Å²) in [4.78, 5) is 0. The molecule has 0 aliphatic rings. The number of hydrogen-bond acceptors (Lipinski definition) is 0. The molecule has 0 amide bonds. The first-order valence-electron chi connectivity index (χ1n) is 14.5. The normalized spacial score (nSPS) is 12.8. The molecule has 0 aromatic rings. The van der Waals surface area contributed by atoms with E-state index in [0.29, 0.717) is 0 Å². The molecular weight excluding hydrogens is 360 g/mol. The molecule has 0 aliphatic heterocycles. The molecule has 0 fully saturated rings. The summed E-state index contributed by atoms with van der Waals surface area (Å²) in [5.41, 5.74) is 0. The summed E-state index contributed by atoms with van der Waals surface area (Å²) in [6.07, 6.45) is 39.3. The van der Waals surface area contributed by atoms with Crippen molar-refractivity contribution in [2.24, 2.45) is 5.92 Å². The summed E-state index contributed by atoms with van der Waals surface area (Å²) >= 11 is 0. The topological polar surface area (TPSA) is 0 Å². The SMILES string of the molecule is CCCCCCCCC=CCCCCCCCCCCCCCC(C)CCCCC. The maximum absolute atomic E-state index is 2.46. The van der Waals surface area contributed by atoms with Crippen LogP contribution >= 0.6 is 0 Å². The average molecular weight is 421 g/mol. The molecule has 0 aromatic heterocycles. The molecule has 0 saturated heterocycles. The lowest BCUT2D eigenvalue weighted by atomic mass is 9.96. The van der Waals surface area contributed by atoms with Crippen LogP contribution in [0, 0.1) is 5.92 Å². The van der Waals surface area contributed by atoms with Crippen LogP contribution in [0.3, 0.4) is 0 Å². The number of hydrogen-bond donors (Lipinski definition) is 0. The molecule has 0 aromatic carbocycles. The Kier molecular flexibility index (Phi) is 26.5. The predicted molar refractivity (Wildman–Crippen MR) is 140 cm³/mol. The smallest absolute Gasteiger partial charge is 0.0351 e. The highest BCUT2D eigenvalue weighted by atomic mass is 14.1. The van der Waals surface area contributed by atoms with Gasteiger partial charge in [0.25, 0.3) is 0 Å². The van der Waals surface area contributed by atoms with Crippen LogP contribution in [0.4, 0.5) is 0 Å². The molecule has 0 heteroatoms. The van der Waals surface area contributed by atoms with Crippen LogP contribution in [0.2, 0.25) is 0 Å². The van der Waals surface area contributed by atoms with Crippen molar-refractivity contribution in [3.63, 3.8) is 0 Å². The van der Waals surface area contributed by atoms with Gasteiger partial charge >= 0.3 is 0 Å². The van der Waals surface area contributed by atoms with E-state index in [0.717, 1.165) is 5.92 Å². The monoisotopic (exact) mass is 420 g/mol. The van der Waals surface area contributed by atoms with Crippen molar-refractivity contribution >= 4 is 0 Å². The second-order valence-electron chi connectivity index (χ2n) is 10.1. The molecule has 1 unspecified atom stereocenters. The van der Waals surface area contributed by atoms with Crippen molar-refractivity contribution in [2.45, 2.75) is 175 Å². The Morgan fingerprint density at radius 3 is 1.13 bits per heavy atom. The van der Waals surface area contributed by atoms with Crippen molar-refractivity contribution < 1.29 is 0 Å². The minimum absolute atomic E-state index is 0.965. The van der Waals surface area contributed by atoms with Crippen LogP contribution in [-0.4, -0.2) is 0 Å². The maximum Gasteiger partial charge on any atom is -0.0351 e. The van der Waals surface area contributed by atoms with Crippen LogP contribution < -0.4 is 0 Å². The molecule has 0 spiro atoms. The van der Waals surface area contributed by atoms with E-state index in [-0.39, 0.29) is 0 Å². The summed E-state index contributed by atoms with van der Waals surface area (Å²) in [6.45, 7) is 7.06. The second kappa shape index (κ2) is 26.8. The zero-order valence-corrected chi connectivity index (χ0v) is 21.7. The fraction of sp³-hybridized carbons (Fsp3) is 0.933. The molecule has 0 N–H and O–H groups in total. The Morgan fingerprint density at radius 1 is 0.400 bits per heavy atom. The van der Waals surface area contributed by atoms with E-state index in [1.54, 1.807) is 0 Å². The molecule has 180 valence electrons. The molecule has 0 aliphatic carbocycles. The molecule has 0 rings (SSSR count). The summed E-state index contributed by atoms with van der Waals surface area (Å²) in [7, 11) is 0. The molecule has 30 heavy (non-hydrogen) atoms. The third-order valence-electron chi connectivity index (χ3n) is 6.76. The quantitative estimate of drug-likeness (QED) is 0.102. The van der Waals surface area contributed by atoms with Crippen LogP contribution in [0.1, 0.15) is 175 Å². The summed E-state index contributed by atoms with van der Waals surface area (Å²) in [5.74, 6) is 0.965. The number of allylic oxidation sites excluding steroid dienone is 2. The Morgan fingerprint density at radius 2 is 0.700 bits per heavy atom. The van der Waals surface area contributed by atoms with E-state index >= 15 is 0 Å². The summed E-state index contributed by atoms with van der Waals surface area (Å²) < 4.78 is 0. The highest BCUT2D eigenvalue weighted by Crippen LogP contribution is 2.18. The Hall–Kier alpha value is -0.260. The van der Waals surface area contributed by atoms with Crippen LogP contribution in [0.15, 0.2) is 12.2 Å². The minimum Gasteiger partial charge on any atom is -0.0885 e. The van der Waals surface area contributed by atoms with Gasteiger partial charge in [-0.05, 0) is 31.6 Å². The number of rotatable bonds is 25. The van der Waals surface area contributed by atoms with Crippen molar-refractivity contribution in [3.05, 3.63) is 12.2 Å². The minimum atomic E-state index is 0.965. The van der Waals surface area contributed by atoms with Gasteiger partial charge < -0.3 is 0 Å². The largest absolute Gasteiger partial charge is 0.0885 e. The van der Waals surface area contributed by atoms with Gasteiger partial charge in [0.05, 0.1) is 0 Å². The summed E-state index contributed by atoms with van der Waals surface area (Å²) in [6, 6.07) is 0. The van der Waals surface area contributed by atoms with E-state index in [4.69, 9.17) is 0 Å². The lowest BCUT2D eigenvalue weighted by molar-refractivity contribution is 0.435. The zero-order valence-electron chi connectivity index (χ0n) is 21.7. The van der Waals surface area contributed by atoms with Gasteiger partial charge in [-0.3, -0.25) is 0 Å². The van der Waals surface area contributed by atoms with Crippen molar-refractivity contribution in [1.82, 2.24) is 0 Å². The Balaban J connectivity index is 3.12. The Labute approximate surface area is 193 Å². The molecule has 1 atom stereocenters. The van der Waals surface area contributed by atoms with E-state index < -0.39 is 0 Å². The van der Waals surface area contributed by atoms with Crippen LogP contribution in [0.25, 0.3) is 0 Å². The zero-order chi connectivity index (χ0) is 22.0. The van der Waals surface area contributed by atoms with Gasteiger partial charge in [-0.25, -0.2) is 0 Å². The highest BCUT2D eigenvalue weighted by Gasteiger charge is 2.01. The van der Waals surface area contributed by atoms with Crippen LogP contribution in [0.5, 0.6) is 0 Å². The molecule has 0 heterocycles. The molecule has 0 saturated carbocycles. The fourth-order valence-corrected chi connectivity index (χ4v) is 4.51. The lowest BCUT2D eigenvalue weighted by Crippen LogP contribution is -1.94. The Bertz CT molecular complexity index is 316. The predicted octanol–water partition coefficient (Wildman–Crippen LogP) is 11.6.